The van der Waals surface area contributed by atoms with Crippen molar-refractivity contribution < 1.29 is 0 Å². The molecule has 7 nitrogen and oxygen atoms in total. The molecule has 0 N–H and O–H groups in total. The predicted molar refractivity (Wildman–Crippen MR) is 235 cm³/mol. The van der Waals surface area contributed by atoms with Gasteiger partial charge in [-0.25, -0.2) is 19.8 Å². The lowest BCUT2D eigenvalue weighted by Gasteiger charge is -2.29. The first-order valence-corrected chi connectivity index (χ1v) is 18.9. The summed E-state index contributed by atoms with van der Waals surface area (Å²) in [6, 6.07) is 59.1. The van der Waals surface area contributed by atoms with Crippen molar-refractivity contribution in [1.29, 1.82) is 5.26 Å². The molecule has 0 bridgehead atoms. The molecule has 10 rings (SSSR count). The van der Waals surface area contributed by atoms with Crippen LogP contribution in [0, 0.1) is 17.9 Å². The molecule has 0 aliphatic rings. The summed E-state index contributed by atoms with van der Waals surface area (Å²) in [4.78, 5) is 22.7. The summed E-state index contributed by atoms with van der Waals surface area (Å²) in [5.74, 6) is 1.83. The van der Waals surface area contributed by atoms with Crippen LogP contribution in [0.4, 0.5) is 40.2 Å². The molecule has 0 spiro atoms. The molecule has 58 heavy (non-hydrogen) atoms. The van der Waals surface area contributed by atoms with E-state index in [4.69, 9.17) is 21.5 Å². The molecule has 0 aliphatic heterocycles. The van der Waals surface area contributed by atoms with Gasteiger partial charge in [-0.05, 0) is 92.8 Å². The molecule has 0 amide bonds. The number of hydrogen-bond acceptors (Lipinski definition) is 6. The quantitative estimate of drug-likeness (QED) is 0.114. The van der Waals surface area contributed by atoms with Crippen LogP contribution in [0.25, 0.3) is 59.4 Å². The molecular weight excluding hydrogens is 711 g/mol. The van der Waals surface area contributed by atoms with Crippen molar-refractivity contribution in [3.63, 3.8) is 0 Å². The average molecular weight is 742 g/mol. The molecule has 0 saturated heterocycles. The van der Waals surface area contributed by atoms with E-state index in [0.29, 0.717) is 28.7 Å². The van der Waals surface area contributed by atoms with Gasteiger partial charge < -0.3 is 4.90 Å². The maximum atomic E-state index is 10.6. The van der Waals surface area contributed by atoms with Crippen LogP contribution in [-0.2, 0) is 0 Å². The van der Waals surface area contributed by atoms with E-state index in [1.54, 1.807) is 12.4 Å². The fraction of sp³-hybridized carbons (Fsp3) is 0. The first-order chi connectivity index (χ1) is 28.7. The van der Waals surface area contributed by atoms with Gasteiger partial charge in [-0.15, -0.1) is 0 Å². The summed E-state index contributed by atoms with van der Waals surface area (Å²) in [5.41, 5.74) is 7.29. The number of aromatic nitrogens is 3. The Morgan fingerprint density at radius 2 is 1.02 bits per heavy atom. The van der Waals surface area contributed by atoms with Crippen LogP contribution in [0.3, 0.4) is 0 Å². The molecule has 270 valence electrons. The van der Waals surface area contributed by atoms with E-state index in [-0.39, 0.29) is 0 Å². The van der Waals surface area contributed by atoms with E-state index in [9.17, 15) is 5.26 Å². The summed E-state index contributed by atoms with van der Waals surface area (Å²) in [5, 5.41) is 16.9. The third kappa shape index (κ3) is 5.79. The molecule has 7 aromatic carbocycles. The Balaban J connectivity index is 1.19. The van der Waals surface area contributed by atoms with Crippen LogP contribution in [-0.4, -0.2) is 15.0 Å². The van der Waals surface area contributed by atoms with Crippen molar-refractivity contribution >= 4 is 72.5 Å². The Morgan fingerprint density at radius 3 is 1.59 bits per heavy atom. The number of anilines is 6. The number of nitriles is 1. The minimum Gasteiger partial charge on any atom is -0.304 e. The second-order valence-electron chi connectivity index (χ2n) is 13.9. The van der Waals surface area contributed by atoms with Gasteiger partial charge in [-0.1, -0.05) is 115 Å². The van der Waals surface area contributed by atoms with Gasteiger partial charge in [0.25, 0.3) is 0 Å². The van der Waals surface area contributed by atoms with Crippen LogP contribution in [0.2, 0.25) is 0 Å². The number of rotatable bonds is 8. The first kappa shape index (κ1) is 34.1. The van der Waals surface area contributed by atoms with E-state index >= 15 is 0 Å². The minimum absolute atomic E-state index is 0.430. The highest BCUT2D eigenvalue weighted by molar-refractivity contribution is 6.28. The van der Waals surface area contributed by atoms with Crippen molar-refractivity contribution in [2.45, 2.75) is 0 Å². The second-order valence-corrected chi connectivity index (χ2v) is 13.9. The molecule has 0 aliphatic carbocycles. The van der Waals surface area contributed by atoms with Crippen molar-refractivity contribution in [3.8, 4) is 28.3 Å². The van der Waals surface area contributed by atoms with Crippen molar-refractivity contribution in [2.24, 2.45) is 0 Å². The molecule has 0 unspecified atom stereocenters. The molecular formula is C51H31N7. The second kappa shape index (κ2) is 14.4. The SMILES string of the molecule is [C-]#[N+]c1cc(-c2ccccc2)ccc1N(c1ccccn1)c1ccc2ccc3c(N(c4ccccn4)c4ncc(-c5ccccc5)cc4C#N)ccc4ccc1c2c43. The average Bonchev–Trinajstić information content (AvgIpc) is 3.30. The highest BCUT2D eigenvalue weighted by atomic mass is 15.2. The predicted octanol–water partition coefficient (Wildman–Crippen LogP) is 13.5. The van der Waals surface area contributed by atoms with Gasteiger partial charge in [0.05, 0.1) is 29.2 Å². The van der Waals surface area contributed by atoms with E-state index in [1.165, 1.54) is 0 Å². The van der Waals surface area contributed by atoms with E-state index in [2.05, 4.69) is 82.5 Å². The molecule has 0 saturated carbocycles. The van der Waals surface area contributed by atoms with E-state index < -0.39 is 0 Å². The summed E-state index contributed by atoms with van der Waals surface area (Å²) in [6.07, 6.45) is 5.35. The largest absolute Gasteiger partial charge is 0.304 e. The van der Waals surface area contributed by atoms with Gasteiger partial charge in [0.15, 0.2) is 5.82 Å². The number of pyridine rings is 3. The van der Waals surface area contributed by atoms with Gasteiger partial charge >= 0.3 is 0 Å². The highest BCUT2D eigenvalue weighted by Crippen LogP contribution is 2.49. The Hall–Kier alpha value is -8.39. The van der Waals surface area contributed by atoms with Gasteiger partial charge in [-0.2, -0.15) is 5.26 Å². The van der Waals surface area contributed by atoms with Crippen LogP contribution in [0.1, 0.15) is 5.56 Å². The number of benzene rings is 7. The zero-order valence-electron chi connectivity index (χ0n) is 31.0. The normalized spacial score (nSPS) is 11.1. The highest BCUT2D eigenvalue weighted by Gasteiger charge is 2.25. The van der Waals surface area contributed by atoms with Gasteiger partial charge in [0.1, 0.15) is 17.7 Å². The molecule has 10 aromatic rings. The Labute approximate surface area is 335 Å². The molecule has 0 atom stereocenters. The summed E-state index contributed by atoms with van der Waals surface area (Å²) < 4.78 is 0. The molecule has 3 heterocycles. The van der Waals surface area contributed by atoms with E-state index in [0.717, 1.165) is 71.6 Å². The molecule has 0 fully saturated rings. The van der Waals surface area contributed by atoms with Gasteiger partial charge in [0.2, 0.25) is 5.69 Å². The van der Waals surface area contributed by atoms with E-state index in [1.807, 2.05) is 114 Å². The van der Waals surface area contributed by atoms with Crippen LogP contribution < -0.4 is 9.80 Å². The Kier molecular flexibility index (Phi) is 8.45. The smallest absolute Gasteiger partial charge is 0.211 e. The molecule has 0 radical (unpaired) electrons. The maximum absolute atomic E-state index is 10.6. The zero-order valence-corrected chi connectivity index (χ0v) is 31.0. The maximum Gasteiger partial charge on any atom is 0.211 e. The van der Waals surface area contributed by atoms with Crippen LogP contribution in [0.5, 0.6) is 0 Å². The first-order valence-electron chi connectivity index (χ1n) is 18.9. The zero-order chi connectivity index (χ0) is 39.0. The fourth-order valence-corrected chi connectivity index (χ4v) is 7.97. The lowest BCUT2D eigenvalue weighted by Crippen LogP contribution is -2.15. The molecule has 3 aromatic heterocycles. The number of hydrogen-bond donors (Lipinski definition) is 0. The summed E-state index contributed by atoms with van der Waals surface area (Å²) in [6.45, 7) is 8.33. The van der Waals surface area contributed by atoms with Crippen LogP contribution >= 0.6 is 0 Å². The van der Waals surface area contributed by atoms with Crippen molar-refractivity contribution in [1.82, 2.24) is 15.0 Å². The lowest BCUT2D eigenvalue weighted by atomic mass is 9.92. The van der Waals surface area contributed by atoms with Crippen molar-refractivity contribution in [3.05, 3.63) is 205 Å². The monoisotopic (exact) mass is 741 g/mol. The number of nitrogens with zero attached hydrogens (tertiary/aromatic N) is 7. The Morgan fingerprint density at radius 1 is 0.483 bits per heavy atom. The topological polar surface area (TPSA) is 73.3 Å². The van der Waals surface area contributed by atoms with Gasteiger partial charge in [0, 0.05) is 34.9 Å². The standard InChI is InChI=1S/C51H31N7/c1-53-43-31-38(34-12-4-2-5-13-34)22-27-46(43)57(47-16-8-10-28-54-47)44-25-20-36-19-24-42-45(26-21-37-18-23-41(44)49(36)50(37)42)58(48-17-9-11-29-55-48)51-39(32-52)30-40(33-56-51)35-14-6-3-7-15-35/h2-31,33H. The third-order valence-corrected chi connectivity index (χ3v) is 10.6. The van der Waals surface area contributed by atoms with Gasteiger partial charge in [-0.3, -0.25) is 4.90 Å². The summed E-state index contributed by atoms with van der Waals surface area (Å²) in [7, 11) is 0. The Bertz CT molecular complexity index is 2970. The molecule has 7 heteroatoms. The fourth-order valence-electron chi connectivity index (χ4n) is 7.97. The summed E-state index contributed by atoms with van der Waals surface area (Å²) >= 11 is 0. The van der Waals surface area contributed by atoms with Crippen molar-refractivity contribution in [2.75, 3.05) is 9.80 Å². The van der Waals surface area contributed by atoms with Crippen LogP contribution in [0.15, 0.2) is 188 Å². The lowest BCUT2D eigenvalue weighted by molar-refractivity contribution is 1.12. The minimum atomic E-state index is 0.430. The third-order valence-electron chi connectivity index (χ3n) is 10.6.